The highest BCUT2D eigenvalue weighted by Gasteiger charge is 2.44. The lowest BCUT2D eigenvalue weighted by Gasteiger charge is -2.38. The fourth-order valence-corrected chi connectivity index (χ4v) is 2.35. The molecule has 0 spiro atoms. The molecule has 16 heavy (non-hydrogen) atoms. The van der Waals surface area contributed by atoms with E-state index in [1.54, 1.807) is 0 Å². The molecule has 1 heterocycles. The van der Waals surface area contributed by atoms with E-state index in [1.165, 1.54) is 0 Å². The summed E-state index contributed by atoms with van der Waals surface area (Å²) in [6.45, 7) is 2.57. The Morgan fingerprint density at radius 3 is 2.56 bits per heavy atom. The van der Waals surface area contributed by atoms with Gasteiger partial charge < -0.3 is 15.2 Å². The van der Waals surface area contributed by atoms with Crippen molar-refractivity contribution in [3.8, 4) is 0 Å². The quantitative estimate of drug-likeness (QED) is 0.730. The molecular formula is C12H21NO3. The summed E-state index contributed by atoms with van der Waals surface area (Å²) in [5.41, 5.74) is 5.32. The number of carbonyl (C=O) groups is 1. The summed E-state index contributed by atoms with van der Waals surface area (Å²) >= 11 is 0. The number of hydrogen-bond acceptors (Lipinski definition) is 4. The van der Waals surface area contributed by atoms with Crippen LogP contribution in [0.3, 0.4) is 0 Å². The number of esters is 1. The minimum Gasteiger partial charge on any atom is -0.465 e. The van der Waals surface area contributed by atoms with Crippen LogP contribution in [0.5, 0.6) is 0 Å². The second kappa shape index (κ2) is 5.15. The van der Waals surface area contributed by atoms with Crippen molar-refractivity contribution in [2.45, 2.75) is 32.1 Å². The van der Waals surface area contributed by atoms with Gasteiger partial charge in [-0.25, -0.2) is 0 Å². The van der Waals surface area contributed by atoms with Crippen LogP contribution in [0.25, 0.3) is 0 Å². The van der Waals surface area contributed by atoms with E-state index in [0.29, 0.717) is 19.1 Å². The molecule has 0 bridgehead atoms. The zero-order chi connectivity index (χ0) is 11.4. The Morgan fingerprint density at radius 1 is 1.38 bits per heavy atom. The molecule has 92 valence electrons. The average molecular weight is 227 g/mol. The third kappa shape index (κ3) is 2.38. The van der Waals surface area contributed by atoms with E-state index < -0.39 is 0 Å². The van der Waals surface area contributed by atoms with Crippen LogP contribution < -0.4 is 5.73 Å². The minimum absolute atomic E-state index is 0.0762. The normalized spacial score (nSPS) is 24.8. The zero-order valence-corrected chi connectivity index (χ0v) is 9.74. The van der Waals surface area contributed by atoms with Gasteiger partial charge in [0.2, 0.25) is 0 Å². The van der Waals surface area contributed by atoms with Crippen molar-refractivity contribution in [1.29, 1.82) is 0 Å². The molecule has 0 aromatic rings. The number of ether oxygens (including phenoxy) is 2. The Kier molecular flexibility index (Phi) is 3.82. The predicted molar refractivity (Wildman–Crippen MR) is 59.8 cm³/mol. The van der Waals surface area contributed by atoms with E-state index in [2.05, 4.69) is 0 Å². The molecule has 2 fully saturated rings. The maximum absolute atomic E-state index is 11.9. The van der Waals surface area contributed by atoms with E-state index in [9.17, 15) is 4.79 Å². The van der Waals surface area contributed by atoms with Crippen LogP contribution in [0.2, 0.25) is 0 Å². The summed E-state index contributed by atoms with van der Waals surface area (Å²) in [5, 5.41) is 0. The predicted octanol–water partition coefficient (Wildman–Crippen LogP) is 1.09. The molecule has 0 aromatic carbocycles. The monoisotopic (exact) mass is 227 g/mol. The van der Waals surface area contributed by atoms with Gasteiger partial charge in [0.1, 0.15) is 0 Å². The lowest BCUT2D eigenvalue weighted by molar-refractivity contribution is -0.163. The molecule has 1 saturated carbocycles. The van der Waals surface area contributed by atoms with Crippen molar-refractivity contribution in [2.75, 3.05) is 26.4 Å². The van der Waals surface area contributed by atoms with Gasteiger partial charge in [-0.1, -0.05) is 6.42 Å². The van der Waals surface area contributed by atoms with Crippen molar-refractivity contribution in [3.05, 3.63) is 0 Å². The third-order valence-corrected chi connectivity index (χ3v) is 3.93. The van der Waals surface area contributed by atoms with Crippen LogP contribution in [0.4, 0.5) is 0 Å². The van der Waals surface area contributed by atoms with Gasteiger partial charge in [0, 0.05) is 19.8 Å². The van der Waals surface area contributed by atoms with Crippen molar-refractivity contribution >= 4 is 5.97 Å². The molecule has 0 radical (unpaired) electrons. The first kappa shape index (κ1) is 11.9. The first-order valence-corrected chi connectivity index (χ1v) is 6.22. The standard InChI is InChI=1S/C12H21NO3/c13-9-12(4-1-5-12)11(14)16-8-10-2-6-15-7-3-10/h10H,1-9,13H2. The Balaban J connectivity index is 1.74. The molecule has 4 heteroatoms. The maximum Gasteiger partial charge on any atom is 0.313 e. The van der Waals surface area contributed by atoms with Gasteiger partial charge in [0.15, 0.2) is 0 Å². The molecule has 2 N–H and O–H groups in total. The van der Waals surface area contributed by atoms with Crippen LogP contribution >= 0.6 is 0 Å². The van der Waals surface area contributed by atoms with E-state index in [-0.39, 0.29) is 11.4 Å². The number of hydrogen-bond donors (Lipinski definition) is 1. The van der Waals surface area contributed by atoms with Crippen molar-refractivity contribution in [2.24, 2.45) is 17.1 Å². The summed E-state index contributed by atoms with van der Waals surface area (Å²) in [6.07, 6.45) is 4.90. The van der Waals surface area contributed by atoms with Crippen LogP contribution in [-0.4, -0.2) is 32.3 Å². The number of rotatable bonds is 4. The van der Waals surface area contributed by atoms with Crippen LogP contribution in [0.1, 0.15) is 32.1 Å². The highest BCUT2D eigenvalue weighted by molar-refractivity contribution is 5.78. The largest absolute Gasteiger partial charge is 0.465 e. The summed E-state index contributed by atoms with van der Waals surface area (Å²) in [4.78, 5) is 11.9. The fraction of sp³-hybridized carbons (Fsp3) is 0.917. The molecular weight excluding hydrogens is 206 g/mol. The van der Waals surface area contributed by atoms with Crippen molar-refractivity contribution < 1.29 is 14.3 Å². The zero-order valence-electron chi connectivity index (χ0n) is 9.74. The summed E-state index contributed by atoms with van der Waals surface area (Å²) in [6, 6.07) is 0. The Bertz CT molecular complexity index is 239. The van der Waals surface area contributed by atoms with Gasteiger partial charge in [-0.2, -0.15) is 0 Å². The average Bonchev–Trinajstić information content (AvgIpc) is 2.27. The van der Waals surface area contributed by atoms with Gasteiger partial charge in [0.25, 0.3) is 0 Å². The molecule has 2 rings (SSSR count). The summed E-state index contributed by atoms with van der Waals surface area (Å²) < 4.78 is 10.7. The smallest absolute Gasteiger partial charge is 0.313 e. The lowest BCUT2D eigenvalue weighted by Crippen LogP contribution is -2.45. The fourth-order valence-electron chi connectivity index (χ4n) is 2.35. The van der Waals surface area contributed by atoms with Crippen LogP contribution in [0, 0.1) is 11.3 Å². The molecule has 1 aliphatic carbocycles. The van der Waals surface area contributed by atoms with Gasteiger partial charge in [0.05, 0.1) is 12.0 Å². The van der Waals surface area contributed by atoms with E-state index >= 15 is 0 Å². The SMILES string of the molecule is NCC1(C(=O)OCC2CCOCC2)CCC1. The van der Waals surface area contributed by atoms with Gasteiger partial charge in [-0.05, 0) is 31.6 Å². The van der Waals surface area contributed by atoms with E-state index in [0.717, 1.165) is 45.3 Å². The first-order chi connectivity index (χ1) is 7.77. The molecule has 0 atom stereocenters. The number of nitrogens with two attached hydrogens (primary N) is 1. The van der Waals surface area contributed by atoms with Gasteiger partial charge >= 0.3 is 5.97 Å². The molecule has 2 aliphatic rings. The topological polar surface area (TPSA) is 61.6 Å². The van der Waals surface area contributed by atoms with Gasteiger partial charge in [-0.15, -0.1) is 0 Å². The van der Waals surface area contributed by atoms with Crippen LogP contribution in [-0.2, 0) is 14.3 Å². The molecule has 0 amide bonds. The Hall–Kier alpha value is -0.610. The minimum atomic E-state index is -0.342. The number of carbonyl (C=O) groups excluding carboxylic acids is 1. The Labute approximate surface area is 96.5 Å². The highest BCUT2D eigenvalue weighted by Crippen LogP contribution is 2.41. The first-order valence-electron chi connectivity index (χ1n) is 6.22. The molecule has 1 aliphatic heterocycles. The van der Waals surface area contributed by atoms with E-state index in [1.807, 2.05) is 0 Å². The van der Waals surface area contributed by atoms with Crippen molar-refractivity contribution in [1.82, 2.24) is 0 Å². The lowest BCUT2D eigenvalue weighted by atomic mass is 9.69. The molecule has 1 saturated heterocycles. The third-order valence-electron chi connectivity index (χ3n) is 3.93. The highest BCUT2D eigenvalue weighted by atomic mass is 16.5. The maximum atomic E-state index is 11.9. The second-order valence-corrected chi connectivity index (χ2v) is 4.99. The Morgan fingerprint density at radius 2 is 2.06 bits per heavy atom. The summed E-state index contributed by atoms with van der Waals surface area (Å²) in [5.74, 6) is 0.403. The van der Waals surface area contributed by atoms with Crippen molar-refractivity contribution in [3.63, 3.8) is 0 Å². The summed E-state index contributed by atoms with van der Waals surface area (Å²) in [7, 11) is 0. The van der Waals surface area contributed by atoms with Crippen LogP contribution in [0.15, 0.2) is 0 Å². The molecule has 0 aromatic heterocycles. The van der Waals surface area contributed by atoms with E-state index in [4.69, 9.17) is 15.2 Å². The molecule has 0 unspecified atom stereocenters. The molecule has 4 nitrogen and oxygen atoms in total. The van der Waals surface area contributed by atoms with Gasteiger partial charge in [-0.3, -0.25) is 4.79 Å². The second-order valence-electron chi connectivity index (χ2n) is 4.99.